The minimum Gasteiger partial charge on any atom is -0.383 e. The van der Waals surface area contributed by atoms with Crippen LogP contribution in [-0.4, -0.2) is 63.0 Å². The Labute approximate surface area is 188 Å². The van der Waals surface area contributed by atoms with Gasteiger partial charge in [0.2, 0.25) is 5.91 Å². The minimum absolute atomic E-state index is 0.0435. The number of methoxy groups -OCH3 is 1. The summed E-state index contributed by atoms with van der Waals surface area (Å²) in [6, 6.07) is 14.0. The maximum absolute atomic E-state index is 14.5. The second-order valence-corrected chi connectivity index (χ2v) is 8.26. The van der Waals surface area contributed by atoms with Crippen molar-refractivity contribution in [1.29, 1.82) is 0 Å². The van der Waals surface area contributed by atoms with Gasteiger partial charge in [-0.1, -0.05) is 42.5 Å². The highest BCUT2D eigenvalue weighted by atomic mass is 19.1. The smallest absolute Gasteiger partial charge is 0.225 e. The number of likely N-dealkylation sites (tertiary alicyclic amines) is 1. The number of Topliss-reactive ketones (excluding diaryl/α,β-unsaturated/α-hetero) is 1. The summed E-state index contributed by atoms with van der Waals surface area (Å²) in [5.41, 5.74) is 7.37. The number of carbonyl (C=O) groups excluding carboxylic acids is 2. The van der Waals surface area contributed by atoms with E-state index >= 15 is 0 Å². The Morgan fingerprint density at radius 3 is 2.53 bits per heavy atom. The summed E-state index contributed by atoms with van der Waals surface area (Å²) in [6.45, 7) is 4.40. The van der Waals surface area contributed by atoms with Crippen LogP contribution in [0.1, 0.15) is 27.4 Å². The number of piperidine rings is 1. The van der Waals surface area contributed by atoms with Gasteiger partial charge >= 0.3 is 0 Å². The first-order valence-electron chi connectivity index (χ1n) is 11.0. The van der Waals surface area contributed by atoms with Gasteiger partial charge in [0.25, 0.3) is 0 Å². The number of benzene rings is 2. The fourth-order valence-electron chi connectivity index (χ4n) is 4.60. The number of rotatable bonds is 9. The molecule has 1 aliphatic rings. The van der Waals surface area contributed by atoms with Crippen molar-refractivity contribution in [2.45, 2.75) is 12.8 Å². The molecule has 6 nitrogen and oxygen atoms in total. The summed E-state index contributed by atoms with van der Waals surface area (Å²) in [5, 5.41) is 2.88. The van der Waals surface area contributed by atoms with Crippen LogP contribution < -0.4 is 11.1 Å². The third-order valence-electron chi connectivity index (χ3n) is 6.23. The van der Waals surface area contributed by atoms with Crippen LogP contribution in [0, 0.1) is 24.6 Å². The Hall–Kier alpha value is -2.61. The van der Waals surface area contributed by atoms with Crippen molar-refractivity contribution < 1.29 is 18.7 Å². The minimum atomic E-state index is -0.523. The topological polar surface area (TPSA) is 84.7 Å². The molecule has 1 amide bonds. The molecule has 0 bridgehead atoms. The Kier molecular flexibility index (Phi) is 8.50. The summed E-state index contributed by atoms with van der Waals surface area (Å²) in [7, 11) is 1.63. The average molecular weight is 442 g/mol. The standard InChI is InChI=1S/C25H32FN3O3/c1-17-19(9-6-10-22(17)26)23-20(24(30)18-7-4-3-5-8-18)15-29(13-14-32-2)16-21(23)25(31)28-12-11-27/h3-10,20-21,23H,11-16,27H2,1-2H3,(H,28,31)/t20-,21+,23+/m0/s1. The summed E-state index contributed by atoms with van der Waals surface area (Å²) < 4.78 is 19.8. The third-order valence-corrected chi connectivity index (χ3v) is 6.23. The van der Waals surface area contributed by atoms with Gasteiger partial charge in [0.1, 0.15) is 5.82 Å². The van der Waals surface area contributed by atoms with Gasteiger partial charge in [-0.05, 0) is 24.1 Å². The third kappa shape index (κ3) is 5.41. The van der Waals surface area contributed by atoms with Gasteiger partial charge in [0.05, 0.1) is 12.5 Å². The van der Waals surface area contributed by atoms with Gasteiger partial charge in [-0.3, -0.25) is 14.5 Å². The zero-order chi connectivity index (χ0) is 23.1. The number of hydrogen-bond donors (Lipinski definition) is 2. The Bertz CT molecular complexity index is 922. The molecule has 1 fully saturated rings. The van der Waals surface area contributed by atoms with Crippen molar-refractivity contribution in [3.05, 3.63) is 71.0 Å². The highest BCUT2D eigenvalue weighted by Gasteiger charge is 2.45. The molecule has 2 aromatic carbocycles. The number of nitrogens with zero attached hydrogens (tertiary/aromatic N) is 1. The molecule has 7 heteroatoms. The lowest BCUT2D eigenvalue weighted by atomic mass is 9.69. The number of amides is 1. The molecule has 2 aromatic rings. The lowest BCUT2D eigenvalue weighted by molar-refractivity contribution is -0.128. The zero-order valence-corrected chi connectivity index (χ0v) is 18.7. The number of hydrogen-bond acceptors (Lipinski definition) is 5. The molecule has 3 rings (SSSR count). The molecule has 0 aromatic heterocycles. The van der Waals surface area contributed by atoms with Crippen LogP contribution in [0.15, 0.2) is 48.5 Å². The van der Waals surface area contributed by atoms with Crippen LogP contribution in [-0.2, 0) is 9.53 Å². The lowest BCUT2D eigenvalue weighted by Gasteiger charge is -2.43. The van der Waals surface area contributed by atoms with Crippen molar-refractivity contribution >= 4 is 11.7 Å². The van der Waals surface area contributed by atoms with Crippen molar-refractivity contribution in [2.24, 2.45) is 17.6 Å². The summed E-state index contributed by atoms with van der Waals surface area (Å²) in [5.74, 6) is -2.02. The first-order valence-corrected chi connectivity index (χ1v) is 11.0. The van der Waals surface area contributed by atoms with E-state index in [1.165, 1.54) is 6.07 Å². The Morgan fingerprint density at radius 2 is 1.84 bits per heavy atom. The van der Waals surface area contributed by atoms with E-state index in [0.717, 1.165) is 0 Å². The van der Waals surface area contributed by atoms with Crippen LogP contribution in [0.4, 0.5) is 4.39 Å². The average Bonchev–Trinajstić information content (AvgIpc) is 2.82. The molecule has 0 aliphatic carbocycles. The van der Waals surface area contributed by atoms with Gasteiger partial charge in [0.15, 0.2) is 5.78 Å². The maximum atomic E-state index is 14.5. The fraction of sp³-hybridized carbons (Fsp3) is 0.440. The van der Waals surface area contributed by atoms with Crippen LogP contribution >= 0.6 is 0 Å². The van der Waals surface area contributed by atoms with Crippen molar-refractivity contribution in [2.75, 3.05) is 46.4 Å². The molecule has 1 heterocycles. The van der Waals surface area contributed by atoms with Crippen LogP contribution in [0.5, 0.6) is 0 Å². The zero-order valence-electron chi connectivity index (χ0n) is 18.7. The molecular weight excluding hydrogens is 409 g/mol. The molecule has 0 radical (unpaired) electrons. The number of carbonyl (C=O) groups is 2. The molecular formula is C25H32FN3O3. The summed E-state index contributed by atoms with van der Waals surface area (Å²) in [6.07, 6.45) is 0. The van der Waals surface area contributed by atoms with Crippen LogP contribution in [0.3, 0.4) is 0 Å². The Morgan fingerprint density at radius 1 is 1.12 bits per heavy atom. The van der Waals surface area contributed by atoms with E-state index < -0.39 is 17.8 Å². The predicted molar refractivity (Wildman–Crippen MR) is 122 cm³/mol. The highest BCUT2D eigenvalue weighted by molar-refractivity contribution is 5.99. The molecule has 0 saturated carbocycles. The van der Waals surface area contributed by atoms with E-state index in [9.17, 15) is 14.0 Å². The molecule has 1 aliphatic heterocycles. The van der Waals surface area contributed by atoms with E-state index in [4.69, 9.17) is 10.5 Å². The lowest BCUT2D eigenvalue weighted by Crippen LogP contribution is -2.53. The van der Waals surface area contributed by atoms with Gasteiger partial charge in [-0.25, -0.2) is 4.39 Å². The first-order chi connectivity index (χ1) is 15.5. The van der Waals surface area contributed by atoms with Crippen molar-refractivity contribution in [3.63, 3.8) is 0 Å². The maximum Gasteiger partial charge on any atom is 0.225 e. The number of ether oxygens (including phenoxy) is 1. The summed E-state index contributed by atoms with van der Waals surface area (Å²) in [4.78, 5) is 29.0. The van der Waals surface area contributed by atoms with Crippen LogP contribution in [0.25, 0.3) is 0 Å². The SMILES string of the molecule is COCCN1C[C@H](C(=O)c2ccccc2)[C@@H](c2cccc(F)c2C)[C@H](C(=O)NCCN)C1. The second kappa shape index (κ2) is 11.3. The second-order valence-electron chi connectivity index (χ2n) is 8.26. The van der Waals surface area contributed by atoms with Crippen molar-refractivity contribution in [1.82, 2.24) is 10.2 Å². The number of nitrogens with two attached hydrogens (primary N) is 1. The largest absolute Gasteiger partial charge is 0.383 e. The van der Waals surface area contributed by atoms with Gasteiger partial charge in [0, 0.05) is 57.2 Å². The molecule has 3 atom stereocenters. The molecule has 32 heavy (non-hydrogen) atoms. The molecule has 0 spiro atoms. The molecule has 0 unspecified atom stereocenters. The predicted octanol–water partition coefficient (Wildman–Crippen LogP) is 2.37. The van der Waals surface area contributed by atoms with E-state index in [1.54, 1.807) is 32.2 Å². The van der Waals surface area contributed by atoms with E-state index in [2.05, 4.69) is 10.2 Å². The highest BCUT2D eigenvalue weighted by Crippen LogP contribution is 2.41. The fourth-order valence-corrected chi connectivity index (χ4v) is 4.60. The van der Waals surface area contributed by atoms with Gasteiger partial charge < -0.3 is 15.8 Å². The monoisotopic (exact) mass is 441 g/mol. The van der Waals surface area contributed by atoms with Gasteiger partial charge in [-0.2, -0.15) is 0 Å². The Balaban J connectivity index is 2.07. The molecule has 1 saturated heterocycles. The summed E-state index contributed by atoms with van der Waals surface area (Å²) >= 11 is 0. The normalized spacial score (nSPS) is 21.3. The quantitative estimate of drug-likeness (QED) is 0.584. The molecule has 172 valence electrons. The number of halogens is 1. The first kappa shape index (κ1) is 24.0. The van der Waals surface area contributed by atoms with Gasteiger partial charge in [-0.15, -0.1) is 0 Å². The van der Waals surface area contributed by atoms with Crippen molar-refractivity contribution in [3.8, 4) is 0 Å². The van der Waals surface area contributed by atoms with E-state index in [1.807, 2.05) is 24.3 Å². The number of ketones is 1. The van der Waals surface area contributed by atoms with E-state index in [0.29, 0.717) is 56.0 Å². The van der Waals surface area contributed by atoms with E-state index in [-0.39, 0.29) is 17.5 Å². The molecule has 3 N–H and O–H groups in total. The number of nitrogens with one attached hydrogen (secondary N) is 1. The van der Waals surface area contributed by atoms with Crippen LogP contribution in [0.2, 0.25) is 0 Å².